The maximum Gasteiger partial charge on any atom is 0.236 e. The van der Waals surface area contributed by atoms with Gasteiger partial charge in [-0.1, -0.05) is 6.92 Å². The van der Waals surface area contributed by atoms with Crippen LogP contribution < -0.4 is 5.32 Å². The van der Waals surface area contributed by atoms with Crippen LogP contribution in [0.4, 0.5) is 0 Å². The molecule has 2 saturated heterocycles. The fourth-order valence-corrected chi connectivity index (χ4v) is 3.10. The van der Waals surface area contributed by atoms with Crippen molar-refractivity contribution in [3.05, 3.63) is 0 Å². The summed E-state index contributed by atoms with van der Waals surface area (Å²) in [5.74, 6) is 1.37. The van der Waals surface area contributed by atoms with Gasteiger partial charge >= 0.3 is 0 Å². The zero-order valence-electron chi connectivity index (χ0n) is 15.6. The van der Waals surface area contributed by atoms with Crippen molar-refractivity contribution < 1.29 is 9.90 Å². The number of nitrogens with one attached hydrogen (secondary N) is 1. The molecule has 146 valence electrons. The number of rotatable bonds is 6. The van der Waals surface area contributed by atoms with Crippen LogP contribution in [0, 0.1) is 5.92 Å². The van der Waals surface area contributed by atoms with E-state index in [0.717, 1.165) is 64.6 Å². The van der Waals surface area contributed by atoms with Gasteiger partial charge in [-0.15, -0.1) is 24.0 Å². The largest absolute Gasteiger partial charge is 0.396 e. The minimum absolute atomic E-state index is 0. The lowest BCUT2D eigenvalue weighted by atomic mass is 10.2. The average Bonchev–Trinajstić information content (AvgIpc) is 3.14. The lowest BCUT2D eigenvalue weighted by Crippen LogP contribution is -2.54. The molecule has 25 heavy (non-hydrogen) atoms. The second kappa shape index (κ2) is 11.9. The molecule has 0 saturated carbocycles. The number of hydrogen-bond acceptors (Lipinski definition) is 4. The molecule has 0 radical (unpaired) electrons. The fraction of sp³-hybridized carbons (Fsp3) is 0.882. The summed E-state index contributed by atoms with van der Waals surface area (Å²) in [5.41, 5.74) is 0. The van der Waals surface area contributed by atoms with E-state index in [-0.39, 0.29) is 42.4 Å². The van der Waals surface area contributed by atoms with Crippen LogP contribution in [0.15, 0.2) is 4.99 Å². The Morgan fingerprint density at radius 1 is 1.12 bits per heavy atom. The quantitative estimate of drug-likeness (QED) is 0.337. The summed E-state index contributed by atoms with van der Waals surface area (Å²) in [7, 11) is 0. The van der Waals surface area contributed by atoms with Gasteiger partial charge < -0.3 is 20.2 Å². The number of carbonyl (C=O) groups excluding carboxylic acids is 1. The minimum atomic E-state index is 0. The monoisotopic (exact) mass is 467 g/mol. The summed E-state index contributed by atoms with van der Waals surface area (Å²) < 4.78 is 0. The van der Waals surface area contributed by atoms with Crippen molar-refractivity contribution in [1.82, 2.24) is 20.0 Å². The molecule has 1 atom stereocenters. The minimum Gasteiger partial charge on any atom is -0.396 e. The van der Waals surface area contributed by atoms with Gasteiger partial charge in [-0.25, -0.2) is 0 Å². The number of piperazine rings is 1. The van der Waals surface area contributed by atoms with E-state index >= 15 is 0 Å². The number of carbonyl (C=O) groups is 1. The van der Waals surface area contributed by atoms with E-state index in [4.69, 9.17) is 5.11 Å². The van der Waals surface area contributed by atoms with Crippen molar-refractivity contribution in [3.8, 4) is 0 Å². The van der Waals surface area contributed by atoms with Gasteiger partial charge in [0.1, 0.15) is 0 Å². The number of halogens is 1. The van der Waals surface area contributed by atoms with Crippen molar-refractivity contribution in [2.75, 3.05) is 65.5 Å². The lowest BCUT2D eigenvalue weighted by Gasteiger charge is -2.36. The summed E-state index contributed by atoms with van der Waals surface area (Å²) in [4.78, 5) is 23.4. The molecule has 2 heterocycles. The summed E-state index contributed by atoms with van der Waals surface area (Å²) in [5, 5.41) is 12.5. The third-order valence-electron chi connectivity index (χ3n) is 4.69. The van der Waals surface area contributed by atoms with Gasteiger partial charge in [-0.3, -0.25) is 14.7 Å². The first-order valence-corrected chi connectivity index (χ1v) is 9.28. The number of amides is 1. The van der Waals surface area contributed by atoms with Crippen LogP contribution in [0.25, 0.3) is 0 Å². The molecule has 0 aromatic carbocycles. The van der Waals surface area contributed by atoms with Crippen LogP contribution in [-0.4, -0.2) is 97.2 Å². The summed E-state index contributed by atoms with van der Waals surface area (Å²) in [6.45, 7) is 11.6. The Hall–Kier alpha value is -0.610. The second-order valence-corrected chi connectivity index (χ2v) is 6.83. The highest BCUT2D eigenvalue weighted by molar-refractivity contribution is 14.0. The Labute approximate surface area is 168 Å². The number of nitrogens with zero attached hydrogens (tertiary/aromatic N) is 4. The van der Waals surface area contributed by atoms with Crippen molar-refractivity contribution in [2.24, 2.45) is 10.9 Å². The Kier molecular flexibility index (Phi) is 10.7. The number of hydrogen-bond donors (Lipinski definition) is 2. The van der Waals surface area contributed by atoms with Gasteiger partial charge in [-0.05, 0) is 25.7 Å². The molecule has 2 N–H and O–H groups in total. The first-order chi connectivity index (χ1) is 11.6. The highest BCUT2D eigenvalue weighted by Gasteiger charge is 2.24. The van der Waals surface area contributed by atoms with E-state index < -0.39 is 0 Å². The first-order valence-electron chi connectivity index (χ1n) is 9.28. The van der Waals surface area contributed by atoms with E-state index in [1.165, 1.54) is 0 Å². The van der Waals surface area contributed by atoms with E-state index in [1.54, 1.807) is 0 Å². The third-order valence-corrected chi connectivity index (χ3v) is 4.69. The van der Waals surface area contributed by atoms with Gasteiger partial charge in [0.15, 0.2) is 5.96 Å². The molecule has 2 fully saturated rings. The van der Waals surface area contributed by atoms with Gasteiger partial charge in [0, 0.05) is 59.0 Å². The molecule has 0 aromatic heterocycles. The Morgan fingerprint density at radius 3 is 2.32 bits per heavy atom. The molecule has 2 aliphatic heterocycles. The van der Waals surface area contributed by atoms with Gasteiger partial charge in [0.25, 0.3) is 0 Å². The third kappa shape index (κ3) is 7.26. The molecule has 0 spiro atoms. The molecule has 0 bridgehead atoms. The van der Waals surface area contributed by atoms with Crippen molar-refractivity contribution in [3.63, 3.8) is 0 Å². The van der Waals surface area contributed by atoms with Crippen LogP contribution in [-0.2, 0) is 4.79 Å². The average molecular weight is 467 g/mol. The summed E-state index contributed by atoms with van der Waals surface area (Å²) >= 11 is 0. The molecule has 0 aromatic rings. The van der Waals surface area contributed by atoms with Crippen molar-refractivity contribution in [2.45, 2.75) is 26.7 Å². The highest BCUT2D eigenvalue weighted by atomic mass is 127. The molecule has 7 nitrogen and oxygen atoms in total. The van der Waals surface area contributed by atoms with E-state index in [9.17, 15) is 4.79 Å². The Bertz CT molecular complexity index is 421. The predicted molar refractivity (Wildman–Crippen MR) is 111 cm³/mol. The van der Waals surface area contributed by atoms with E-state index in [1.807, 2.05) is 11.8 Å². The summed E-state index contributed by atoms with van der Waals surface area (Å²) in [6.07, 6.45) is 2.29. The molecular weight excluding hydrogens is 433 g/mol. The van der Waals surface area contributed by atoms with Crippen molar-refractivity contribution >= 4 is 35.8 Å². The normalized spacial score (nSPS) is 20.4. The molecule has 1 amide bonds. The smallest absolute Gasteiger partial charge is 0.236 e. The zero-order chi connectivity index (χ0) is 17.4. The highest BCUT2D eigenvalue weighted by Crippen LogP contribution is 2.09. The first kappa shape index (κ1) is 22.4. The van der Waals surface area contributed by atoms with Crippen LogP contribution in [0.2, 0.25) is 0 Å². The van der Waals surface area contributed by atoms with Crippen LogP contribution in [0.3, 0.4) is 0 Å². The fourth-order valence-electron chi connectivity index (χ4n) is 3.10. The Balaban J connectivity index is 0.00000312. The number of aliphatic hydroxyl groups is 1. The van der Waals surface area contributed by atoms with Gasteiger partial charge in [0.05, 0.1) is 6.54 Å². The number of aliphatic hydroxyl groups excluding tert-OH is 1. The molecule has 1 unspecified atom stereocenters. The number of likely N-dealkylation sites (tertiary alicyclic amines) is 1. The van der Waals surface area contributed by atoms with Crippen LogP contribution in [0.1, 0.15) is 26.7 Å². The number of aliphatic imine (C=N–C) groups is 1. The Morgan fingerprint density at radius 2 is 1.76 bits per heavy atom. The topological polar surface area (TPSA) is 71.4 Å². The van der Waals surface area contributed by atoms with Crippen LogP contribution >= 0.6 is 24.0 Å². The maximum absolute atomic E-state index is 12.3. The summed E-state index contributed by atoms with van der Waals surface area (Å²) in [6, 6.07) is 0. The second-order valence-electron chi connectivity index (χ2n) is 6.83. The molecule has 8 heteroatoms. The zero-order valence-corrected chi connectivity index (χ0v) is 17.9. The van der Waals surface area contributed by atoms with Crippen LogP contribution in [0.5, 0.6) is 0 Å². The molecule has 2 rings (SSSR count). The SMILES string of the molecule is CCNC(=NCC(C)CO)N1CCN(CC(=O)N2CCCC2)CC1.I. The maximum atomic E-state index is 12.3. The predicted octanol–water partition coefficient (Wildman–Crippen LogP) is 0.438. The van der Waals surface area contributed by atoms with E-state index in [0.29, 0.717) is 13.1 Å². The van der Waals surface area contributed by atoms with E-state index in [2.05, 4.69) is 27.0 Å². The molecule has 2 aliphatic rings. The lowest BCUT2D eigenvalue weighted by molar-refractivity contribution is -0.131. The number of guanidine groups is 1. The van der Waals surface area contributed by atoms with Gasteiger partial charge in [-0.2, -0.15) is 0 Å². The van der Waals surface area contributed by atoms with Crippen molar-refractivity contribution in [1.29, 1.82) is 0 Å². The molecule has 0 aliphatic carbocycles. The molecular formula is C17H34IN5O2. The standard InChI is InChI=1S/C17H33N5O2.HI/c1-3-18-17(19-12-15(2)14-23)22-10-8-20(9-11-22)13-16(24)21-6-4-5-7-21;/h15,23H,3-14H2,1-2H3,(H,18,19);1H. The van der Waals surface area contributed by atoms with Gasteiger partial charge in [0.2, 0.25) is 5.91 Å².